The predicted molar refractivity (Wildman–Crippen MR) is 291 cm³/mol. The second-order valence-electron chi connectivity index (χ2n) is 19.1. The lowest BCUT2D eigenvalue weighted by Crippen LogP contribution is -2.09. The van der Waals surface area contributed by atoms with E-state index in [-0.39, 0.29) is 5.56 Å². The van der Waals surface area contributed by atoms with E-state index in [1.54, 1.807) is 18.2 Å². The zero-order valence-electron chi connectivity index (χ0n) is 40.1. The third-order valence-corrected chi connectivity index (χ3v) is 14.2. The smallest absolute Gasteiger partial charge is 0.308 e. The summed E-state index contributed by atoms with van der Waals surface area (Å²) in [7, 11) is 0. The van der Waals surface area contributed by atoms with Gasteiger partial charge in [0.15, 0.2) is 0 Å². The third kappa shape index (κ3) is 7.62. The Bertz CT molecular complexity index is 3780. The molecule has 0 amide bonds. The number of rotatable bonds is 7. The minimum absolute atomic E-state index is 0.0189. The van der Waals surface area contributed by atoms with Crippen molar-refractivity contribution < 1.29 is 13.2 Å². The lowest BCUT2D eigenvalue weighted by Gasteiger charge is -2.20. The van der Waals surface area contributed by atoms with Crippen LogP contribution in [0.25, 0.3) is 111 Å². The Morgan fingerprint density at radius 3 is 0.972 bits per heavy atom. The fourth-order valence-corrected chi connectivity index (χ4v) is 10.8. The molecule has 0 N–H and O–H groups in total. The van der Waals surface area contributed by atoms with Gasteiger partial charge >= 0.3 is 6.18 Å². The van der Waals surface area contributed by atoms with Gasteiger partial charge < -0.3 is 9.13 Å². The molecule has 0 fully saturated rings. The molecular formula is C66H46F3N3. The number of benzene rings is 10. The summed E-state index contributed by atoms with van der Waals surface area (Å²) in [6.07, 6.45) is -4.65. The van der Waals surface area contributed by atoms with Crippen LogP contribution in [-0.4, -0.2) is 9.13 Å². The second kappa shape index (κ2) is 17.2. The molecule has 12 rings (SSSR count). The van der Waals surface area contributed by atoms with E-state index in [1.807, 2.05) is 0 Å². The highest BCUT2D eigenvalue weighted by Crippen LogP contribution is 2.45. The van der Waals surface area contributed by atoms with E-state index < -0.39 is 11.7 Å². The molecule has 0 aliphatic carbocycles. The first-order valence-electron chi connectivity index (χ1n) is 24.1. The fourth-order valence-electron chi connectivity index (χ4n) is 10.8. The molecule has 0 unspecified atom stereocenters. The first-order valence-corrected chi connectivity index (χ1v) is 24.1. The standard InChI is InChI=1S/C66H46F3N3/c1-40-11-7-15-44(29-40)48-21-25-60-54(33-48)55-34-49(45-16-8-12-41(2)30-45)22-26-61(55)71(60)64-37-52(53-19-5-6-20-59(53)66(67,68)69)38-65(58(64)39-70)72-62-27-23-50(46-17-9-13-42(3)31-46)35-56(62)57-36-51(24-28-63(57)72)47-18-10-14-43(4)32-47/h5-38H,1-4H3. The molecular weight excluding hydrogens is 892 g/mol. The van der Waals surface area contributed by atoms with E-state index in [2.05, 4.69) is 213 Å². The molecule has 0 saturated heterocycles. The average Bonchev–Trinajstić information content (AvgIpc) is 3.89. The van der Waals surface area contributed by atoms with E-state index >= 15 is 13.2 Å². The minimum Gasteiger partial charge on any atom is -0.308 e. The van der Waals surface area contributed by atoms with Crippen molar-refractivity contribution in [2.45, 2.75) is 33.9 Å². The lowest BCUT2D eigenvalue weighted by atomic mass is 9.95. The number of halogens is 3. The van der Waals surface area contributed by atoms with Gasteiger partial charge in [-0.25, -0.2) is 0 Å². The second-order valence-corrected chi connectivity index (χ2v) is 19.1. The molecule has 72 heavy (non-hydrogen) atoms. The monoisotopic (exact) mass is 937 g/mol. The Morgan fingerprint density at radius 2 is 0.667 bits per heavy atom. The van der Waals surface area contributed by atoms with Crippen LogP contribution in [-0.2, 0) is 6.18 Å². The van der Waals surface area contributed by atoms with Gasteiger partial charge in [-0.2, -0.15) is 18.4 Å². The Labute approximate surface area is 415 Å². The molecule has 0 aliphatic rings. The summed E-state index contributed by atoms with van der Waals surface area (Å²) >= 11 is 0. The number of aromatic nitrogens is 2. The van der Waals surface area contributed by atoms with Gasteiger partial charge in [-0.1, -0.05) is 162 Å². The van der Waals surface area contributed by atoms with E-state index in [9.17, 15) is 5.26 Å². The lowest BCUT2D eigenvalue weighted by molar-refractivity contribution is -0.137. The van der Waals surface area contributed by atoms with Crippen molar-refractivity contribution in [2.75, 3.05) is 0 Å². The normalized spacial score (nSPS) is 11.8. The van der Waals surface area contributed by atoms with E-state index in [4.69, 9.17) is 0 Å². The van der Waals surface area contributed by atoms with Crippen LogP contribution in [0.4, 0.5) is 13.2 Å². The van der Waals surface area contributed by atoms with Crippen LogP contribution >= 0.6 is 0 Å². The summed E-state index contributed by atoms with van der Waals surface area (Å²) in [5, 5.41) is 15.6. The number of alkyl halides is 3. The molecule has 6 heteroatoms. The summed E-state index contributed by atoms with van der Waals surface area (Å²) in [6.45, 7) is 8.32. The van der Waals surface area contributed by atoms with Gasteiger partial charge in [0.05, 0.1) is 39.0 Å². The number of nitriles is 1. The summed E-state index contributed by atoms with van der Waals surface area (Å²) in [6, 6.07) is 71.0. The molecule has 0 radical (unpaired) electrons. The Hall–Kier alpha value is -8.92. The highest BCUT2D eigenvalue weighted by atomic mass is 19.4. The van der Waals surface area contributed by atoms with Crippen molar-refractivity contribution in [2.24, 2.45) is 0 Å². The maximum atomic E-state index is 15.2. The molecule has 12 aromatic rings. The van der Waals surface area contributed by atoms with Crippen molar-refractivity contribution in [3.8, 4) is 73.1 Å². The minimum atomic E-state index is -4.65. The van der Waals surface area contributed by atoms with Crippen LogP contribution < -0.4 is 0 Å². The largest absolute Gasteiger partial charge is 0.417 e. The van der Waals surface area contributed by atoms with Crippen molar-refractivity contribution in [1.29, 1.82) is 5.26 Å². The first-order chi connectivity index (χ1) is 34.9. The van der Waals surface area contributed by atoms with Gasteiger partial charge in [0.2, 0.25) is 0 Å². The Kier molecular flexibility index (Phi) is 10.6. The molecule has 346 valence electrons. The van der Waals surface area contributed by atoms with Gasteiger partial charge in [-0.3, -0.25) is 0 Å². The van der Waals surface area contributed by atoms with Crippen LogP contribution in [0, 0.1) is 39.0 Å². The van der Waals surface area contributed by atoms with Gasteiger partial charge in [0, 0.05) is 21.5 Å². The Morgan fingerprint density at radius 1 is 0.347 bits per heavy atom. The summed E-state index contributed by atoms with van der Waals surface area (Å²) in [5.74, 6) is 0. The highest BCUT2D eigenvalue weighted by molar-refractivity contribution is 6.14. The van der Waals surface area contributed by atoms with Crippen LogP contribution in [0.2, 0.25) is 0 Å². The number of fused-ring (bicyclic) bond motifs is 6. The van der Waals surface area contributed by atoms with Gasteiger partial charge in [0.1, 0.15) is 11.6 Å². The van der Waals surface area contributed by atoms with Crippen molar-refractivity contribution >= 4 is 43.6 Å². The van der Waals surface area contributed by atoms with Gasteiger partial charge in [0.25, 0.3) is 0 Å². The number of aryl methyl sites for hydroxylation is 4. The molecule has 2 heterocycles. The van der Waals surface area contributed by atoms with E-state index in [1.165, 1.54) is 12.1 Å². The fraction of sp³-hybridized carbons (Fsp3) is 0.0758. The van der Waals surface area contributed by atoms with Crippen LogP contribution in [0.15, 0.2) is 206 Å². The van der Waals surface area contributed by atoms with Gasteiger partial charge in [-0.05, 0) is 150 Å². The summed E-state index contributed by atoms with van der Waals surface area (Å²) < 4.78 is 49.8. The van der Waals surface area contributed by atoms with Crippen LogP contribution in [0.1, 0.15) is 33.4 Å². The highest BCUT2D eigenvalue weighted by Gasteiger charge is 2.34. The third-order valence-electron chi connectivity index (χ3n) is 14.2. The zero-order valence-corrected chi connectivity index (χ0v) is 40.1. The maximum absolute atomic E-state index is 15.2. The van der Waals surface area contributed by atoms with Crippen molar-refractivity contribution in [1.82, 2.24) is 9.13 Å². The summed E-state index contributed by atoms with van der Waals surface area (Å²) in [4.78, 5) is 0. The van der Waals surface area contributed by atoms with Crippen molar-refractivity contribution in [3.05, 3.63) is 240 Å². The number of nitrogens with zero attached hydrogens (tertiary/aromatic N) is 3. The zero-order chi connectivity index (χ0) is 49.4. The summed E-state index contributed by atoms with van der Waals surface area (Å²) in [5.41, 5.74) is 17.1. The number of hydrogen-bond acceptors (Lipinski definition) is 1. The molecule has 0 spiro atoms. The molecule has 0 aliphatic heterocycles. The topological polar surface area (TPSA) is 33.6 Å². The predicted octanol–water partition coefficient (Wildman–Crippen LogP) is 18.3. The van der Waals surface area contributed by atoms with E-state index in [0.717, 1.165) is 116 Å². The molecule has 0 saturated carbocycles. The molecule has 0 atom stereocenters. The van der Waals surface area contributed by atoms with Crippen molar-refractivity contribution in [3.63, 3.8) is 0 Å². The van der Waals surface area contributed by atoms with Crippen LogP contribution in [0.5, 0.6) is 0 Å². The molecule has 0 bridgehead atoms. The Balaban J connectivity index is 1.20. The number of hydrogen-bond donors (Lipinski definition) is 0. The quantitative estimate of drug-likeness (QED) is 0.157. The SMILES string of the molecule is Cc1cccc(-c2ccc3c(c2)c2cc(-c4cccc(C)c4)ccc2n3-c2cc(-c3ccccc3C(F)(F)F)cc(-n3c4ccc(-c5cccc(C)c5)cc4c4cc(-c5cccc(C)c5)ccc43)c2C#N)c1. The molecule has 3 nitrogen and oxygen atoms in total. The van der Waals surface area contributed by atoms with E-state index in [0.29, 0.717) is 22.5 Å². The molecule has 2 aromatic heterocycles. The molecule has 10 aromatic carbocycles. The maximum Gasteiger partial charge on any atom is 0.417 e. The average molecular weight is 938 g/mol. The van der Waals surface area contributed by atoms with Crippen LogP contribution in [0.3, 0.4) is 0 Å². The van der Waals surface area contributed by atoms with Gasteiger partial charge in [-0.15, -0.1) is 0 Å². The first kappa shape index (κ1) is 44.3.